The highest BCUT2D eigenvalue weighted by molar-refractivity contribution is 6.23. The van der Waals surface area contributed by atoms with Crippen molar-refractivity contribution in [2.75, 3.05) is 4.90 Å². The second-order valence-corrected chi connectivity index (χ2v) is 16.2. The van der Waals surface area contributed by atoms with E-state index in [1.807, 2.05) is 0 Å². The largest absolute Gasteiger partial charge is 0.310 e. The van der Waals surface area contributed by atoms with E-state index in [0.717, 1.165) is 23.5 Å². The van der Waals surface area contributed by atoms with Gasteiger partial charge >= 0.3 is 0 Å². The first kappa shape index (κ1) is 36.4. The molecule has 1 aromatic heterocycles. The van der Waals surface area contributed by atoms with E-state index in [0.29, 0.717) is 5.92 Å². The van der Waals surface area contributed by atoms with E-state index < -0.39 is 0 Å². The van der Waals surface area contributed by atoms with Gasteiger partial charge in [0.2, 0.25) is 0 Å². The lowest BCUT2D eigenvalue weighted by Crippen LogP contribution is -2.10. The Bertz CT molecular complexity index is 3280. The van der Waals surface area contributed by atoms with Crippen LogP contribution in [0.5, 0.6) is 0 Å². The summed E-state index contributed by atoms with van der Waals surface area (Å²) in [6, 6.07) is 77.4. The molecule has 0 radical (unpaired) electrons. The third kappa shape index (κ3) is 6.73. The van der Waals surface area contributed by atoms with Crippen LogP contribution in [0.4, 0.5) is 17.1 Å². The molecule has 0 bridgehead atoms. The van der Waals surface area contributed by atoms with Gasteiger partial charge < -0.3 is 9.47 Å². The summed E-state index contributed by atoms with van der Waals surface area (Å²) < 4.78 is 2.50. The minimum absolute atomic E-state index is 0.533. The topological polar surface area (TPSA) is 8.17 Å². The van der Waals surface area contributed by atoms with Crippen LogP contribution in [0.2, 0.25) is 0 Å². The highest BCUT2D eigenvalue weighted by Gasteiger charge is 2.21. The normalized spacial score (nSPS) is 13.8. The lowest BCUT2D eigenvalue weighted by Gasteiger charge is -2.27. The van der Waals surface area contributed by atoms with Gasteiger partial charge in [0.15, 0.2) is 0 Å². The monoisotopic (exact) mass is 780 g/mol. The molecule has 1 aliphatic rings. The lowest BCUT2D eigenvalue weighted by atomic mass is 9.97. The highest BCUT2D eigenvalue weighted by Crippen LogP contribution is 2.44. The Morgan fingerprint density at radius 3 is 1.70 bits per heavy atom. The Morgan fingerprint density at radius 2 is 1.02 bits per heavy atom. The number of hydrogen-bond acceptors (Lipinski definition) is 1. The Balaban J connectivity index is 1.07. The van der Waals surface area contributed by atoms with Gasteiger partial charge in [0.25, 0.3) is 0 Å². The number of nitrogens with zero attached hydrogens (tertiary/aromatic N) is 2. The van der Waals surface area contributed by atoms with Crippen LogP contribution >= 0.6 is 0 Å². The summed E-state index contributed by atoms with van der Waals surface area (Å²) in [6.45, 7) is 2.29. The van der Waals surface area contributed by atoms with E-state index in [1.165, 1.54) is 82.8 Å². The molecule has 2 heteroatoms. The van der Waals surface area contributed by atoms with Gasteiger partial charge in [-0.25, -0.2) is 0 Å². The molecule has 1 atom stereocenters. The molecule has 0 aliphatic heterocycles. The second-order valence-electron chi connectivity index (χ2n) is 16.2. The fourth-order valence-electron chi connectivity index (χ4n) is 9.25. The molecular formula is C59H44N2. The summed E-state index contributed by atoms with van der Waals surface area (Å²) in [5.74, 6) is 0.533. The molecule has 290 valence electrons. The first-order valence-corrected chi connectivity index (χ1v) is 21.3. The summed E-state index contributed by atoms with van der Waals surface area (Å²) in [7, 11) is 0. The van der Waals surface area contributed by atoms with Crippen LogP contribution < -0.4 is 4.90 Å². The van der Waals surface area contributed by atoms with Crippen LogP contribution in [0, 0.1) is 5.92 Å². The number of allylic oxidation sites excluding steroid dienone is 4. The fourth-order valence-corrected chi connectivity index (χ4v) is 9.25. The third-order valence-corrected chi connectivity index (χ3v) is 12.3. The summed E-state index contributed by atoms with van der Waals surface area (Å²) >= 11 is 0. The maximum absolute atomic E-state index is 2.50. The van der Waals surface area contributed by atoms with Crippen molar-refractivity contribution in [2.45, 2.75) is 13.3 Å². The van der Waals surface area contributed by atoms with Crippen molar-refractivity contribution < 1.29 is 0 Å². The lowest BCUT2D eigenvalue weighted by molar-refractivity contribution is 0.735. The van der Waals surface area contributed by atoms with Gasteiger partial charge in [-0.05, 0) is 117 Å². The Kier molecular flexibility index (Phi) is 9.24. The first-order chi connectivity index (χ1) is 30.2. The average Bonchev–Trinajstić information content (AvgIpc) is 3.68. The Morgan fingerprint density at radius 1 is 0.443 bits per heavy atom. The van der Waals surface area contributed by atoms with Crippen molar-refractivity contribution in [1.29, 1.82) is 0 Å². The minimum atomic E-state index is 0.533. The van der Waals surface area contributed by atoms with Crippen molar-refractivity contribution in [3.8, 4) is 44.5 Å². The number of fused-ring (bicyclic) bond motifs is 5. The van der Waals surface area contributed by atoms with E-state index in [4.69, 9.17) is 0 Å². The molecule has 1 heterocycles. The van der Waals surface area contributed by atoms with Gasteiger partial charge in [0, 0.05) is 38.9 Å². The number of hydrogen-bond donors (Lipinski definition) is 0. The van der Waals surface area contributed by atoms with Gasteiger partial charge in [-0.15, -0.1) is 0 Å². The second kappa shape index (κ2) is 15.5. The van der Waals surface area contributed by atoms with E-state index in [-0.39, 0.29) is 0 Å². The smallest absolute Gasteiger partial charge is 0.0619 e. The van der Waals surface area contributed by atoms with Gasteiger partial charge in [0.1, 0.15) is 0 Å². The minimum Gasteiger partial charge on any atom is -0.310 e. The summed E-state index contributed by atoms with van der Waals surface area (Å²) in [6.07, 6.45) is 8.10. The molecule has 10 aromatic rings. The van der Waals surface area contributed by atoms with Gasteiger partial charge in [0.05, 0.1) is 11.0 Å². The number of benzene rings is 9. The van der Waals surface area contributed by atoms with Crippen LogP contribution in [0.15, 0.2) is 231 Å². The summed E-state index contributed by atoms with van der Waals surface area (Å²) in [5, 5.41) is 5.05. The molecule has 9 aromatic carbocycles. The van der Waals surface area contributed by atoms with E-state index in [1.54, 1.807) is 0 Å². The molecule has 1 aliphatic carbocycles. The molecule has 2 nitrogen and oxygen atoms in total. The van der Waals surface area contributed by atoms with Crippen LogP contribution in [-0.2, 0) is 0 Å². The van der Waals surface area contributed by atoms with E-state index >= 15 is 0 Å². The number of aromatic nitrogens is 1. The molecule has 11 rings (SSSR count). The van der Waals surface area contributed by atoms with Crippen molar-refractivity contribution in [3.63, 3.8) is 0 Å². The van der Waals surface area contributed by atoms with Gasteiger partial charge in [-0.1, -0.05) is 183 Å². The fraction of sp³-hybridized carbons (Fsp3) is 0.0508. The zero-order valence-corrected chi connectivity index (χ0v) is 34.1. The molecule has 1 unspecified atom stereocenters. The van der Waals surface area contributed by atoms with Crippen molar-refractivity contribution in [1.82, 2.24) is 4.57 Å². The summed E-state index contributed by atoms with van der Waals surface area (Å²) in [5.41, 5.74) is 16.6. The van der Waals surface area contributed by atoms with E-state index in [9.17, 15) is 0 Å². The molecule has 0 amide bonds. The van der Waals surface area contributed by atoms with Crippen molar-refractivity contribution >= 4 is 55.3 Å². The van der Waals surface area contributed by atoms with Crippen LogP contribution in [0.25, 0.3) is 82.8 Å². The molecule has 0 fully saturated rings. The molecule has 0 saturated heterocycles. The van der Waals surface area contributed by atoms with Crippen LogP contribution in [-0.4, -0.2) is 4.57 Å². The zero-order valence-electron chi connectivity index (χ0n) is 34.1. The summed E-state index contributed by atoms with van der Waals surface area (Å²) in [4.78, 5) is 2.40. The zero-order chi connectivity index (χ0) is 40.7. The maximum Gasteiger partial charge on any atom is 0.0619 e. The van der Waals surface area contributed by atoms with E-state index in [2.05, 4.69) is 247 Å². The van der Waals surface area contributed by atoms with Crippen molar-refractivity contribution in [3.05, 3.63) is 231 Å². The van der Waals surface area contributed by atoms with Gasteiger partial charge in [-0.2, -0.15) is 0 Å². The van der Waals surface area contributed by atoms with Crippen LogP contribution in [0.1, 0.15) is 13.3 Å². The predicted octanol–water partition coefficient (Wildman–Crippen LogP) is 16.5. The quantitative estimate of drug-likeness (QED) is 0.149. The Hall–Kier alpha value is -7.68. The Labute approximate surface area is 357 Å². The third-order valence-electron chi connectivity index (χ3n) is 12.3. The average molecular weight is 781 g/mol. The molecular weight excluding hydrogens is 737 g/mol. The van der Waals surface area contributed by atoms with Crippen molar-refractivity contribution in [2.24, 2.45) is 5.92 Å². The van der Waals surface area contributed by atoms with Crippen LogP contribution in [0.3, 0.4) is 0 Å². The molecule has 0 saturated carbocycles. The standard InChI is InChI=1S/C59H44N2/c1-41-28-33-51(34-29-41)61-57-27-13-26-54(58(57)56-37-32-45-18-8-9-25-55(45)59(56)61)49-22-12-24-53(40-49)60(52-23-11-21-48(39-52)43-16-6-3-7-17-43)50-35-30-44(31-36-50)47-20-10-19-46(38-47)42-14-4-2-5-15-42/h2-28,30-41H,29H2,1H3. The molecule has 0 spiro atoms. The predicted molar refractivity (Wildman–Crippen MR) is 261 cm³/mol. The SMILES string of the molecule is CC1C=CC(n2c3cccc(-c4cccc(N(c5ccc(-c6cccc(-c7ccccc7)c6)cc5)c5cccc(-c6ccccc6)c5)c4)c3c3ccc4ccccc4c32)=CC1. The first-order valence-electron chi connectivity index (χ1n) is 21.3. The number of anilines is 3. The maximum atomic E-state index is 2.50. The molecule has 0 N–H and O–H groups in total. The highest BCUT2D eigenvalue weighted by atomic mass is 15.1. The molecule has 61 heavy (non-hydrogen) atoms. The number of rotatable bonds is 8. The van der Waals surface area contributed by atoms with Gasteiger partial charge in [-0.3, -0.25) is 0 Å².